The van der Waals surface area contributed by atoms with Crippen molar-refractivity contribution in [3.8, 4) is 0 Å². The van der Waals surface area contributed by atoms with Gasteiger partial charge in [0.25, 0.3) is 0 Å². The Morgan fingerprint density at radius 3 is 2.68 bits per heavy atom. The van der Waals surface area contributed by atoms with Crippen LogP contribution in [-0.2, 0) is 0 Å². The number of aromatic nitrogens is 1. The van der Waals surface area contributed by atoms with Crippen LogP contribution in [0, 0.1) is 11.8 Å². The number of ketones is 1. The Kier molecular flexibility index (Phi) is 4.27. The molecule has 0 saturated carbocycles. The largest absolute Gasteiger partial charge is 0.330 e. The second-order valence-electron chi connectivity index (χ2n) is 5.31. The summed E-state index contributed by atoms with van der Waals surface area (Å²) in [7, 11) is 0. The molecule has 100 valence electrons. The molecule has 1 atom stereocenters. The summed E-state index contributed by atoms with van der Waals surface area (Å²) in [6.45, 7) is 4.61. The molecule has 19 heavy (non-hydrogen) atoms. The maximum atomic E-state index is 12.6. The SMILES string of the molecule is CC(C)CC(CN)C(=O)c1cccc2cccnc12. The molecule has 0 aliphatic heterocycles. The van der Waals surface area contributed by atoms with E-state index in [4.69, 9.17) is 5.73 Å². The lowest BCUT2D eigenvalue weighted by molar-refractivity contribution is 0.0910. The van der Waals surface area contributed by atoms with Crippen molar-refractivity contribution in [3.05, 3.63) is 42.1 Å². The lowest BCUT2D eigenvalue weighted by Crippen LogP contribution is -2.25. The number of benzene rings is 1. The van der Waals surface area contributed by atoms with Crippen LogP contribution >= 0.6 is 0 Å². The number of hydrogen-bond acceptors (Lipinski definition) is 3. The fourth-order valence-corrected chi connectivity index (χ4v) is 2.40. The Labute approximate surface area is 113 Å². The van der Waals surface area contributed by atoms with Crippen molar-refractivity contribution in [2.24, 2.45) is 17.6 Å². The number of nitrogens with two attached hydrogens (primary N) is 1. The topological polar surface area (TPSA) is 56.0 Å². The van der Waals surface area contributed by atoms with Gasteiger partial charge in [0.1, 0.15) is 0 Å². The van der Waals surface area contributed by atoms with E-state index in [2.05, 4.69) is 18.8 Å². The maximum absolute atomic E-state index is 12.6. The molecule has 0 aliphatic carbocycles. The lowest BCUT2D eigenvalue weighted by Gasteiger charge is -2.16. The molecule has 2 N–H and O–H groups in total. The third kappa shape index (κ3) is 2.99. The number of carbonyl (C=O) groups excluding carboxylic acids is 1. The third-order valence-electron chi connectivity index (χ3n) is 3.31. The van der Waals surface area contributed by atoms with Crippen LogP contribution < -0.4 is 5.73 Å². The zero-order valence-corrected chi connectivity index (χ0v) is 11.5. The molecule has 2 rings (SSSR count). The predicted molar refractivity (Wildman–Crippen MR) is 78.1 cm³/mol. The summed E-state index contributed by atoms with van der Waals surface area (Å²) < 4.78 is 0. The molecule has 3 nitrogen and oxygen atoms in total. The van der Waals surface area contributed by atoms with E-state index >= 15 is 0 Å². The van der Waals surface area contributed by atoms with Crippen molar-refractivity contribution >= 4 is 16.7 Å². The van der Waals surface area contributed by atoms with Crippen molar-refractivity contribution in [2.45, 2.75) is 20.3 Å². The molecule has 1 unspecified atom stereocenters. The summed E-state index contributed by atoms with van der Waals surface area (Å²) in [5, 5.41) is 0.994. The maximum Gasteiger partial charge on any atom is 0.169 e. The van der Waals surface area contributed by atoms with Crippen LogP contribution in [0.1, 0.15) is 30.6 Å². The lowest BCUT2D eigenvalue weighted by atomic mass is 9.89. The van der Waals surface area contributed by atoms with Gasteiger partial charge in [-0.1, -0.05) is 32.0 Å². The van der Waals surface area contributed by atoms with Crippen LogP contribution in [0.4, 0.5) is 0 Å². The fraction of sp³-hybridized carbons (Fsp3) is 0.375. The van der Waals surface area contributed by atoms with Gasteiger partial charge in [0.05, 0.1) is 5.52 Å². The number of para-hydroxylation sites is 1. The number of carbonyl (C=O) groups is 1. The summed E-state index contributed by atoms with van der Waals surface area (Å²) in [5.41, 5.74) is 7.23. The Bertz CT molecular complexity index is 572. The van der Waals surface area contributed by atoms with Crippen molar-refractivity contribution in [2.75, 3.05) is 6.54 Å². The number of nitrogens with zero attached hydrogens (tertiary/aromatic N) is 1. The molecule has 3 heteroatoms. The molecule has 1 aromatic heterocycles. The molecule has 0 radical (unpaired) electrons. The number of fused-ring (bicyclic) bond motifs is 1. The summed E-state index contributed by atoms with van der Waals surface area (Å²) in [5.74, 6) is 0.452. The van der Waals surface area contributed by atoms with E-state index in [1.165, 1.54) is 0 Å². The van der Waals surface area contributed by atoms with Gasteiger partial charge in [-0.3, -0.25) is 9.78 Å². The Morgan fingerprint density at radius 2 is 2.00 bits per heavy atom. The first kappa shape index (κ1) is 13.7. The molecule has 0 aliphatic rings. The second-order valence-corrected chi connectivity index (χ2v) is 5.31. The number of pyridine rings is 1. The first-order chi connectivity index (χ1) is 9.13. The normalized spacial score (nSPS) is 12.8. The number of Topliss-reactive ketones (excluding diaryl/α,β-unsaturated/α-hetero) is 1. The van der Waals surface area contributed by atoms with Crippen molar-refractivity contribution < 1.29 is 4.79 Å². The zero-order chi connectivity index (χ0) is 13.8. The predicted octanol–water partition coefficient (Wildman–Crippen LogP) is 3.04. The van der Waals surface area contributed by atoms with Gasteiger partial charge in [0.2, 0.25) is 0 Å². The monoisotopic (exact) mass is 256 g/mol. The summed E-state index contributed by atoms with van der Waals surface area (Å²) >= 11 is 0. The minimum absolute atomic E-state index is 0.112. The number of rotatable bonds is 5. The van der Waals surface area contributed by atoms with Gasteiger partial charge in [-0.15, -0.1) is 0 Å². The fourth-order valence-electron chi connectivity index (χ4n) is 2.40. The summed E-state index contributed by atoms with van der Waals surface area (Å²) in [4.78, 5) is 16.9. The third-order valence-corrected chi connectivity index (χ3v) is 3.31. The van der Waals surface area contributed by atoms with Crippen LogP contribution in [-0.4, -0.2) is 17.3 Å². The van der Waals surface area contributed by atoms with Crippen LogP contribution in [0.15, 0.2) is 36.5 Å². The van der Waals surface area contributed by atoms with Gasteiger partial charge in [-0.2, -0.15) is 0 Å². The Morgan fingerprint density at radius 1 is 1.26 bits per heavy atom. The first-order valence-electron chi connectivity index (χ1n) is 6.71. The standard InChI is InChI=1S/C16H20N2O/c1-11(2)9-13(10-17)16(19)14-7-3-5-12-6-4-8-18-15(12)14/h3-8,11,13H,9-10,17H2,1-2H3. The van der Waals surface area contributed by atoms with Crippen LogP contribution in [0.25, 0.3) is 10.9 Å². The van der Waals surface area contributed by atoms with E-state index in [1.54, 1.807) is 6.20 Å². The minimum atomic E-state index is -0.118. The van der Waals surface area contributed by atoms with Crippen LogP contribution in [0.3, 0.4) is 0 Å². The van der Waals surface area contributed by atoms with E-state index in [0.717, 1.165) is 17.3 Å². The molecule has 0 fully saturated rings. The van der Waals surface area contributed by atoms with Crippen molar-refractivity contribution in [1.29, 1.82) is 0 Å². The zero-order valence-electron chi connectivity index (χ0n) is 11.5. The molecule has 0 spiro atoms. The highest BCUT2D eigenvalue weighted by atomic mass is 16.1. The van der Waals surface area contributed by atoms with Gasteiger partial charge >= 0.3 is 0 Å². The number of hydrogen-bond donors (Lipinski definition) is 1. The summed E-state index contributed by atoms with van der Waals surface area (Å²) in [6.07, 6.45) is 2.54. The molecular weight excluding hydrogens is 236 g/mol. The molecule has 0 amide bonds. The average Bonchev–Trinajstić information content (AvgIpc) is 2.43. The van der Waals surface area contributed by atoms with Gasteiger partial charge in [0.15, 0.2) is 5.78 Å². The van der Waals surface area contributed by atoms with E-state index in [1.807, 2.05) is 30.3 Å². The molecule has 1 aromatic carbocycles. The molecular formula is C16H20N2O. The molecule has 1 heterocycles. The van der Waals surface area contributed by atoms with Crippen LogP contribution in [0.2, 0.25) is 0 Å². The van der Waals surface area contributed by atoms with Crippen molar-refractivity contribution in [3.63, 3.8) is 0 Å². The van der Waals surface area contributed by atoms with Gasteiger partial charge < -0.3 is 5.73 Å². The Hall–Kier alpha value is -1.74. The highest BCUT2D eigenvalue weighted by Crippen LogP contribution is 2.22. The Balaban J connectivity index is 2.40. The first-order valence-corrected chi connectivity index (χ1v) is 6.71. The minimum Gasteiger partial charge on any atom is -0.330 e. The highest BCUT2D eigenvalue weighted by molar-refractivity contribution is 6.07. The van der Waals surface area contributed by atoms with Crippen molar-refractivity contribution in [1.82, 2.24) is 4.98 Å². The second kappa shape index (κ2) is 5.93. The van der Waals surface area contributed by atoms with Gasteiger partial charge in [0, 0.05) is 29.6 Å². The van der Waals surface area contributed by atoms with E-state index in [9.17, 15) is 4.79 Å². The highest BCUT2D eigenvalue weighted by Gasteiger charge is 2.21. The van der Waals surface area contributed by atoms with E-state index in [-0.39, 0.29) is 11.7 Å². The molecule has 0 saturated heterocycles. The van der Waals surface area contributed by atoms with E-state index < -0.39 is 0 Å². The summed E-state index contributed by atoms with van der Waals surface area (Å²) in [6, 6.07) is 9.57. The van der Waals surface area contributed by atoms with Gasteiger partial charge in [-0.05, 0) is 24.5 Å². The van der Waals surface area contributed by atoms with E-state index in [0.29, 0.717) is 18.0 Å². The molecule has 0 bridgehead atoms. The smallest absolute Gasteiger partial charge is 0.169 e. The van der Waals surface area contributed by atoms with Crippen LogP contribution in [0.5, 0.6) is 0 Å². The van der Waals surface area contributed by atoms with Gasteiger partial charge in [-0.25, -0.2) is 0 Å². The quantitative estimate of drug-likeness (QED) is 0.836. The molecule has 2 aromatic rings. The average molecular weight is 256 g/mol.